The van der Waals surface area contributed by atoms with E-state index in [1.54, 1.807) is 18.2 Å². The SMILES string of the molecule is CCCN(c1cccc(F)c1)C(C)C(O)c1ccc(C)c(O)c1. The molecule has 0 radical (unpaired) electrons. The quantitative estimate of drug-likeness (QED) is 0.840. The lowest BCUT2D eigenvalue weighted by Crippen LogP contribution is -2.38. The van der Waals surface area contributed by atoms with Crippen LogP contribution in [0.3, 0.4) is 0 Å². The highest BCUT2D eigenvalue weighted by molar-refractivity contribution is 5.48. The third-order valence-electron chi connectivity index (χ3n) is 4.13. The summed E-state index contributed by atoms with van der Waals surface area (Å²) in [6, 6.07) is 11.3. The third kappa shape index (κ3) is 4.02. The number of hydrogen-bond acceptors (Lipinski definition) is 3. The maximum Gasteiger partial charge on any atom is 0.125 e. The van der Waals surface area contributed by atoms with E-state index in [9.17, 15) is 14.6 Å². The fourth-order valence-electron chi connectivity index (χ4n) is 2.72. The molecule has 0 aromatic heterocycles. The minimum absolute atomic E-state index is 0.168. The first-order chi connectivity index (χ1) is 10.9. The van der Waals surface area contributed by atoms with E-state index >= 15 is 0 Å². The zero-order chi connectivity index (χ0) is 17.0. The summed E-state index contributed by atoms with van der Waals surface area (Å²) in [5, 5.41) is 20.5. The molecule has 2 aromatic rings. The molecule has 2 atom stereocenters. The lowest BCUT2D eigenvalue weighted by atomic mass is 9.99. The van der Waals surface area contributed by atoms with Crippen LogP contribution in [0.4, 0.5) is 10.1 Å². The van der Waals surface area contributed by atoms with Crippen LogP contribution in [-0.4, -0.2) is 22.8 Å². The first kappa shape index (κ1) is 17.3. The number of phenolic OH excluding ortho intramolecular Hbond substituents is 1. The van der Waals surface area contributed by atoms with E-state index in [1.807, 2.05) is 37.8 Å². The molecule has 4 heteroatoms. The molecule has 124 valence electrons. The molecule has 2 rings (SSSR count). The van der Waals surface area contributed by atoms with Gasteiger partial charge in [0.25, 0.3) is 0 Å². The molecule has 0 amide bonds. The van der Waals surface area contributed by atoms with Gasteiger partial charge in [-0.05, 0) is 55.7 Å². The number of rotatable bonds is 6. The van der Waals surface area contributed by atoms with Crippen molar-refractivity contribution in [3.63, 3.8) is 0 Å². The normalized spacial score (nSPS) is 13.6. The van der Waals surface area contributed by atoms with Crippen molar-refractivity contribution in [3.05, 3.63) is 59.4 Å². The molecule has 23 heavy (non-hydrogen) atoms. The van der Waals surface area contributed by atoms with Gasteiger partial charge in [-0.15, -0.1) is 0 Å². The summed E-state index contributed by atoms with van der Waals surface area (Å²) >= 11 is 0. The van der Waals surface area contributed by atoms with E-state index in [0.717, 1.165) is 17.7 Å². The van der Waals surface area contributed by atoms with Gasteiger partial charge in [0.15, 0.2) is 0 Å². The van der Waals surface area contributed by atoms with Gasteiger partial charge in [0.2, 0.25) is 0 Å². The van der Waals surface area contributed by atoms with Crippen molar-refractivity contribution in [2.45, 2.75) is 39.3 Å². The molecule has 2 unspecified atom stereocenters. The Morgan fingerprint density at radius 2 is 1.91 bits per heavy atom. The Balaban J connectivity index is 2.29. The van der Waals surface area contributed by atoms with Gasteiger partial charge in [-0.3, -0.25) is 0 Å². The summed E-state index contributed by atoms with van der Waals surface area (Å²) in [4.78, 5) is 1.99. The molecule has 0 heterocycles. The maximum absolute atomic E-state index is 13.5. The highest BCUT2D eigenvalue weighted by Gasteiger charge is 2.24. The van der Waals surface area contributed by atoms with Crippen molar-refractivity contribution in [3.8, 4) is 5.75 Å². The number of nitrogens with zero attached hydrogens (tertiary/aromatic N) is 1. The fraction of sp³-hybridized carbons (Fsp3) is 0.368. The number of aromatic hydroxyl groups is 1. The largest absolute Gasteiger partial charge is 0.508 e. The second kappa shape index (κ2) is 7.47. The fourth-order valence-corrected chi connectivity index (χ4v) is 2.72. The monoisotopic (exact) mass is 317 g/mol. The molecule has 3 nitrogen and oxygen atoms in total. The van der Waals surface area contributed by atoms with Crippen molar-refractivity contribution >= 4 is 5.69 Å². The van der Waals surface area contributed by atoms with Gasteiger partial charge in [0.05, 0.1) is 12.1 Å². The van der Waals surface area contributed by atoms with Crippen LogP contribution in [0, 0.1) is 12.7 Å². The van der Waals surface area contributed by atoms with E-state index in [1.165, 1.54) is 12.1 Å². The van der Waals surface area contributed by atoms with Crippen molar-refractivity contribution in [1.29, 1.82) is 0 Å². The highest BCUT2D eigenvalue weighted by atomic mass is 19.1. The van der Waals surface area contributed by atoms with Crippen LogP contribution < -0.4 is 4.90 Å². The van der Waals surface area contributed by atoms with Crippen molar-refractivity contribution in [2.24, 2.45) is 0 Å². The zero-order valence-electron chi connectivity index (χ0n) is 13.8. The van der Waals surface area contributed by atoms with Crippen molar-refractivity contribution in [1.82, 2.24) is 0 Å². The molecule has 0 bridgehead atoms. The average molecular weight is 317 g/mol. The van der Waals surface area contributed by atoms with Crippen molar-refractivity contribution in [2.75, 3.05) is 11.4 Å². The number of phenols is 1. The molecule has 0 saturated carbocycles. The summed E-state index contributed by atoms with van der Waals surface area (Å²) in [7, 11) is 0. The van der Waals surface area contributed by atoms with Gasteiger partial charge in [-0.1, -0.05) is 25.1 Å². The Bertz CT molecular complexity index is 660. The summed E-state index contributed by atoms with van der Waals surface area (Å²) in [6.45, 7) is 6.47. The first-order valence-corrected chi connectivity index (χ1v) is 7.93. The Morgan fingerprint density at radius 3 is 2.52 bits per heavy atom. The predicted octanol–water partition coefficient (Wildman–Crippen LogP) is 4.18. The summed E-state index contributed by atoms with van der Waals surface area (Å²) in [5.41, 5.74) is 2.16. The number of aliphatic hydroxyl groups is 1. The van der Waals surface area contributed by atoms with E-state index in [4.69, 9.17) is 0 Å². The van der Waals surface area contributed by atoms with E-state index in [0.29, 0.717) is 12.1 Å². The lowest BCUT2D eigenvalue weighted by molar-refractivity contribution is 0.148. The average Bonchev–Trinajstić information content (AvgIpc) is 2.54. The van der Waals surface area contributed by atoms with Crippen molar-refractivity contribution < 1.29 is 14.6 Å². The van der Waals surface area contributed by atoms with Crippen LogP contribution in [0.25, 0.3) is 0 Å². The molecule has 2 N–H and O–H groups in total. The van der Waals surface area contributed by atoms with Gasteiger partial charge in [0.1, 0.15) is 11.6 Å². The Kier molecular flexibility index (Phi) is 5.61. The van der Waals surface area contributed by atoms with Gasteiger partial charge >= 0.3 is 0 Å². The summed E-state index contributed by atoms with van der Waals surface area (Å²) < 4.78 is 13.5. The van der Waals surface area contributed by atoms with Gasteiger partial charge in [-0.2, -0.15) is 0 Å². The Hall–Kier alpha value is -2.07. The number of aliphatic hydroxyl groups excluding tert-OH is 1. The molecule has 0 aliphatic carbocycles. The molecule has 0 spiro atoms. The Morgan fingerprint density at radius 1 is 1.17 bits per heavy atom. The molecule has 0 fully saturated rings. The molecular formula is C19H24FNO2. The van der Waals surface area contributed by atoms with E-state index in [-0.39, 0.29) is 17.6 Å². The third-order valence-corrected chi connectivity index (χ3v) is 4.13. The minimum Gasteiger partial charge on any atom is -0.508 e. The second-order valence-electron chi connectivity index (χ2n) is 5.90. The number of halogens is 1. The highest BCUT2D eigenvalue weighted by Crippen LogP contribution is 2.29. The standard InChI is InChI=1S/C19H24FNO2/c1-4-10-21(17-7-5-6-16(20)12-17)14(3)19(23)15-9-8-13(2)18(22)11-15/h5-9,11-12,14,19,22-23H,4,10H2,1-3H3. The van der Waals surface area contributed by atoms with Crippen LogP contribution in [0.2, 0.25) is 0 Å². The minimum atomic E-state index is -0.781. The zero-order valence-corrected chi connectivity index (χ0v) is 13.8. The smallest absolute Gasteiger partial charge is 0.125 e. The van der Waals surface area contributed by atoms with Crippen LogP contribution in [0.15, 0.2) is 42.5 Å². The van der Waals surface area contributed by atoms with Crippen LogP contribution in [0.1, 0.15) is 37.5 Å². The van der Waals surface area contributed by atoms with E-state index in [2.05, 4.69) is 0 Å². The van der Waals surface area contributed by atoms with Gasteiger partial charge in [0, 0.05) is 12.2 Å². The van der Waals surface area contributed by atoms with Crippen LogP contribution in [-0.2, 0) is 0 Å². The second-order valence-corrected chi connectivity index (χ2v) is 5.90. The maximum atomic E-state index is 13.5. The summed E-state index contributed by atoms with van der Waals surface area (Å²) in [5.74, 6) is -0.125. The molecule has 2 aromatic carbocycles. The first-order valence-electron chi connectivity index (χ1n) is 7.93. The lowest BCUT2D eigenvalue weighted by Gasteiger charge is -2.34. The van der Waals surface area contributed by atoms with Crippen LogP contribution >= 0.6 is 0 Å². The molecule has 0 aliphatic rings. The van der Waals surface area contributed by atoms with Gasteiger partial charge < -0.3 is 15.1 Å². The molecular weight excluding hydrogens is 293 g/mol. The van der Waals surface area contributed by atoms with Crippen LogP contribution in [0.5, 0.6) is 5.75 Å². The van der Waals surface area contributed by atoms with Gasteiger partial charge in [-0.25, -0.2) is 4.39 Å². The number of benzene rings is 2. The Labute approximate surface area is 137 Å². The summed E-state index contributed by atoms with van der Waals surface area (Å²) in [6.07, 6.45) is 0.100. The number of hydrogen-bond donors (Lipinski definition) is 2. The number of anilines is 1. The number of aryl methyl sites for hydroxylation is 1. The molecule has 0 saturated heterocycles. The van der Waals surface area contributed by atoms with E-state index < -0.39 is 6.10 Å². The predicted molar refractivity (Wildman–Crippen MR) is 91.3 cm³/mol. The topological polar surface area (TPSA) is 43.7 Å². The molecule has 0 aliphatic heterocycles.